The van der Waals surface area contributed by atoms with E-state index >= 15 is 0 Å². The van der Waals surface area contributed by atoms with Crippen molar-refractivity contribution in [1.82, 2.24) is 0 Å². The van der Waals surface area contributed by atoms with E-state index in [-0.39, 0.29) is 5.56 Å². The number of carboxylic acids is 1. The lowest BCUT2D eigenvalue weighted by atomic mass is 9.91. The Bertz CT molecular complexity index is 758. The van der Waals surface area contributed by atoms with Crippen LogP contribution in [0.4, 0.5) is 0 Å². The van der Waals surface area contributed by atoms with Crippen molar-refractivity contribution >= 4 is 29.2 Å². The van der Waals surface area contributed by atoms with Crippen LogP contribution in [0, 0.1) is 0 Å². The number of ether oxygens (including phenoxy) is 1. The molecule has 0 aromatic heterocycles. The summed E-state index contributed by atoms with van der Waals surface area (Å²) in [5, 5.41) is 10.1. The van der Waals surface area contributed by atoms with Crippen LogP contribution in [-0.2, 0) is 12.8 Å². The van der Waals surface area contributed by atoms with E-state index in [1.807, 2.05) is 19.1 Å². The third kappa shape index (κ3) is 2.79. The fourth-order valence-electron chi connectivity index (χ4n) is 2.84. The monoisotopic (exact) mass is 336 g/mol. The average Bonchev–Trinajstić information content (AvgIpc) is 2.78. The molecule has 1 unspecified atom stereocenters. The average molecular weight is 337 g/mol. The lowest BCUT2D eigenvalue weighted by Gasteiger charge is -2.24. The van der Waals surface area contributed by atoms with Gasteiger partial charge in [-0.3, -0.25) is 0 Å². The van der Waals surface area contributed by atoms with Crippen molar-refractivity contribution in [3.05, 3.63) is 63.1 Å². The number of hydrogen-bond donors (Lipinski definition) is 1. The summed E-state index contributed by atoms with van der Waals surface area (Å²) in [6.07, 6.45) is 1.23. The highest BCUT2D eigenvalue weighted by atomic mass is 35.5. The highest BCUT2D eigenvalue weighted by Crippen LogP contribution is 2.39. The van der Waals surface area contributed by atoms with Gasteiger partial charge in [0.1, 0.15) is 11.4 Å². The van der Waals surface area contributed by atoms with E-state index in [0.29, 0.717) is 22.9 Å². The maximum atomic E-state index is 11.1. The zero-order valence-electron chi connectivity index (χ0n) is 11.9. The molecule has 0 fully saturated rings. The molecule has 22 heavy (non-hydrogen) atoms. The van der Waals surface area contributed by atoms with Gasteiger partial charge in [0.15, 0.2) is 0 Å². The number of hydrogen-bond acceptors (Lipinski definition) is 2. The molecule has 1 atom stereocenters. The Morgan fingerprint density at radius 1 is 1.32 bits per heavy atom. The highest BCUT2D eigenvalue weighted by molar-refractivity contribution is 6.42. The Morgan fingerprint density at radius 2 is 2.09 bits per heavy atom. The Morgan fingerprint density at radius 3 is 2.82 bits per heavy atom. The third-order valence-electron chi connectivity index (χ3n) is 3.82. The first kappa shape index (κ1) is 15.2. The fourth-order valence-corrected chi connectivity index (χ4v) is 3.23. The number of aromatic carboxylic acids is 1. The number of carboxylic acid groups (broad SMARTS) is 1. The van der Waals surface area contributed by atoms with E-state index in [1.165, 1.54) is 0 Å². The second-order valence-corrected chi connectivity index (χ2v) is 6.53. The third-order valence-corrected chi connectivity index (χ3v) is 4.68. The molecular weight excluding hydrogens is 323 g/mol. The summed E-state index contributed by atoms with van der Waals surface area (Å²) in [5.74, 6) is -0.208. The van der Waals surface area contributed by atoms with Gasteiger partial charge in [-0.15, -0.1) is 0 Å². The molecule has 0 amide bonds. The Hall–Kier alpha value is -1.71. The Labute approximate surface area is 138 Å². The summed E-state index contributed by atoms with van der Waals surface area (Å²) in [6, 6.07) is 10.5. The molecule has 0 aliphatic carbocycles. The van der Waals surface area contributed by atoms with Gasteiger partial charge in [0.2, 0.25) is 0 Å². The van der Waals surface area contributed by atoms with Crippen molar-refractivity contribution in [3.63, 3.8) is 0 Å². The highest BCUT2D eigenvalue weighted by Gasteiger charge is 2.36. The maximum absolute atomic E-state index is 11.1. The molecule has 0 spiro atoms. The normalized spacial score (nSPS) is 19.6. The molecule has 2 aromatic carbocycles. The molecule has 114 valence electrons. The van der Waals surface area contributed by atoms with Gasteiger partial charge < -0.3 is 9.84 Å². The number of rotatable bonds is 3. The number of carbonyl (C=O) groups is 1. The quantitative estimate of drug-likeness (QED) is 0.888. The zero-order valence-corrected chi connectivity index (χ0v) is 13.4. The predicted octanol–water partition coefficient (Wildman–Crippen LogP) is 4.63. The molecule has 0 bridgehead atoms. The molecule has 1 heterocycles. The van der Waals surface area contributed by atoms with Crippen LogP contribution >= 0.6 is 23.2 Å². The van der Waals surface area contributed by atoms with Gasteiger partial charge in [0.25, 0.3) is 0 Å². The van der Waals surface area contributed by atoms with Gasteiger partial charge in [-0.05, 0) is 42.3 Å². The predicted molar refractivity (Wildman–Crippen MR) is 86.3 cm³/mol. The molecule has 0 saturated carbocycles. The summed E-state index contributed by atoms with van der Waals surface area (Å²) >= 11 is 12.3. The SMILES string of the molecule is CC1(Cc2cccc(Cl)c2Cl)Cc2cc(C(=O)O)ccc2O1. The topological polar surface area (TPSA) is 46.5 Å². The van der Waals surface area contributed by atoms with E-state index in [4.69, 9.17) is 33.0 Å². The van der Waals surface area contributed by atoms with Crippen LogP contribution in [-0.4, -0.2) is 16.7 Å². The van der Waals surface area contributed by atoms with E-state index in [9.17, 15) is 4.79 Å². The van der Waals surface area contributed by atoms with Crippen LogP contribution in [0.1, 0.15) is 28.4 Å². The Kier molecular flexibility index (Phi) is 3.79. The van der Waals surface area contributed by atoms with Crippen LogP contribution < -0.4 is 4.74 Å². The second kappa shape index (κ2) is 5.49. The Balaban J connectivity index is 1.87. The minimum absolute atomic E-state index is 0.271. The van der Waals surface area contributed by atoms with Crippen LogP contribution in [0.3, 0.4) is 0 Å². The molecule has 1 N–H and O–H groups in total. The van der Waals surface area contributed by atoms with Gasteiger partial charge in [-0.25, -0.2) is 4.79 Å². The smallest absolute Gasteiger partial charge is 0.335 e. The number of benzene rings is 2. The molecular formula is C17H14Cl2O3. The molecule has 5 heteroatoms. The van der Waals surface area contributed by atoms with Crippen molar-refractivity contribution in [2.24, 2.45) is 0 Å². The van der Waals surface area contributed by atoms with Crippen LogP contribution in [0.5, 0.6) is 5.75 Å². The minimum Gasteiger partial charge on any atom is -0.487 e. The molecule has 0 saturated heterocycles. The van der Waals surface area contributed by atoms with Gasteiger partial charge >= 0.3 is 5.97 Å². The van der Waals surface area contributed by atoms with Gasteiger partial charge in [0, 0.05) is 12.8 Å². The van der Waals surface area contributed by atoms with Crippen molar-refractivity contribution in [2.45, 2.75) is 25.4 Å². The first-order chi connectivity index (χ1) is 10.4. The van der Waals surface area contributed by atoms with Gasteiger partial charge in [0.05, 0.1) is 15.6 Å². The van der Waals surface area contributed by atoms with Gasteiger partial charge in [-0.2, -0.15) is 0 Å². The van der Waals surface area contributed by atoms with E-state index < -0.39 is 11.6 Å². The first-order valence-electron chi connectivity index (χ1n) is 6.86. The summed E-state index contributed by atoms with van der Waals surface area (Å²) in [5.41, 5.74) is 1.63. The van der Waals surface area contributed by atoms with E-state index in [2.05, 4.69) is 0 Å². The van der Waals surface area contributed by atoms with E-state index in [0.717, 1.165) is 16.9 Å². The second-order valence-electron chi connectivity index (χ2n) is 5.75. The molecule has 3 nitrogen and oxygen atoms in total. The minimum atomic E-state index is -0.936. The molecule has 0 radical (unpaired) electrons. The molecule has 1 aliphatic rings. The first-order valence-corrected chi connectivity index (χ1v) is 7.62. The zero-order chi connectivity index (χ0) is 15.9. The summed E-state index contributed by atoms with van der Waals surface area (Å²) in [4.78, 5) is 11.1. The van der Waals surface area contributed by atoms with Crippen LogP contribution in [0.15, 0.2) is 36.4 Å². The molecule has 3 rings (SSSR count). The summed E-state index contributed by atoms with van der Waals surface area (Å²) in [7, 11) is 0. The van der Waals surface area contributed by atoms with Gasteiger partial charge in [-0.1, -0.05) is 35.3 Å². The van der Waals surface area contributed by atoms with Crippen molar-refractivity contribution in [2.75, 3.05) is 0 Å². The van der Waals surface area contributed by atoms with Crippen LogP contribution in [0.25, 0.3) is 0 Å². The lowest BCUT2D eigenvalue weighted by Crippen LogP contribution is -2.33. The summed E-state index contributed by atoms with van der Waals surface area (Å²) < 4.78 is 6.03. The lowest BCUT2D eigenvalue weighted by molar-refractivity contribution is 0.0697. The van der Waals surface area contributed by atoms with Crippen molar-refractivity contribution in [3.8, 4) is 5.75 Å². The van der Waals surface area contributed by atoms with Crippen LogP contribution in [0.2, 0.25) is 10.0 Å². The van der Waals surface area contributed by atoms with Crippen molar-refractivity contribution in [1.29, 1.82) is 0 Å². The maximum Gasteiger partial charge on any atom is 0.335 e. The largest absolute Gasteiger partial charge is 0.487 e. The fraction of sp³-hybridized carbons (Fsp3) is 0.235. The van der Waals surface area contributed by atoms with Crippen molar-refractivity contribution < 1.29 is 14.6 Å². The summed E-state index contributed by atoms with van der Waals surface area (Å²) in [6.45, 7) is 1.99. The van der Waals surface area contributed by atoms with E-state index in [1.54, 1.807) is 24.3 Å². The molecule has 2 aromatic rings. The number of halogens is 2. The number of fused-ring (bicyclic) bond motifs is 1. The standard InChI is InChI=1S/C17H14Cl2O3/c1-17(8-11-3-2-4-13(18)15(11)19)9-12-7-10(16(20)21)5-6-14(12)22-17/h2-7H,8-9H2,1H3,(H,20,21). The molecule has 1 aliphatic heterocycles.